The van der Waals surface area contributed by atoms with Crippen LogP contribution in [0.3, 0.4) is 0 Å². The smallest absolute Gasteiger partial charge is 0.224 e. The molecule has 2 atom stereocenters. The van der Waals surface area contributed by atoms with Crippen molar-refractivity contribution in [3.8, 4) is 10.4 Å². The number of nitrogens with one attached hydrogen (secondary N) is 1. The van der Waals surface area contributed by atoms with Crippen molar-refractivity contribution in [2.75, 3.05) is 6.54 Å². The Morgan fingerprint density at radius 2 is 2.09 bits per heavy atom. The van der Waals surface area contributed by atoms with Crippen molar-refractivity contribution in [1.82, 2.24) is 10.3 Å². The van der Waals surface area contributed by atoms with Gasteiger partial charge < -0.3 is 5.32 Å². The van der Waals surface area contributed by atoms with Crippen LogP contribution in [0.2, 0.25) is 5.02 Å². The van der Waals surface area contributed by atoms with E-state index in [2.05, 4.69) is 15.3 Å². The minimum Gasteiger partial charge on any atom is -0.353 e. The highest BCUT2D eigenvalue weighted by Crippen LogP contribution is 2.33. The number of hydrogen-bond acceptors (Lipinski definition) is 5. The van der Waals surface area contributed by atoms with Gasteiger partial charge in [-0.05, 0) is 48.9 Å². The van der Waals surface area contributed by atoms with Crippen LogP contribution in [0.1, 0.15) is 62.6 Å². The van der Waals surface area contributed by atoms with Crippen molar-refractivity contribution in [2.45, 2.75) is 71.3 Å². The van der Waals surface area contributed by atoms with Gasteiger partial charge in [0.15, 0.2) is 0 Å². The first-order valence-corrected chi connectivity index (χ1v) is 13.2. The molecular weight excluding hydrogens is 470 g/mol. The number of aromatic nitrogens is 1. The topological polar surface area (TPSA) is 108 Å². The minimum absolute atomic E-state index is 0.0488. The SMILES string of the molecule is CCC(=O)C[C@@H](Cc1nc(C)c(-c2cccc(Cl)c2)s1)C(=O)N[C@H](CN=[N+]=[N-])C1CCCCC1. The predicted molar refractivity (Wildman–Crippen MR) is 137 cm³/mol. The van der Waals surface area contributed by atoms with E-state index >= 15 is 0 Å². The molecule has 7 nitrogen and oxygen atoms in total. The number of thiazole rings is 1. The number of Topliss-reactive ketones (excluding diaryl/α,β-unsaturated/α-hetero) is 1. The van der Waals surface area contributed by atoms with Crippen LogP contribution in [0, 0.1) is 18.8 Å². The lowest BCUT2D eigenvalue weighted by Gasteiger charge is -2.31. The first-order valence-electron chi connectivity index (χ1n) is 12.0. The first-order chi connectivity index (χ1) is 16.4. The van der Waals surface area contributed by atoms with Crippen LogP contribution in [-0.2, 0) is 16.0 Å². The summed E-state index contributed by atoms with van der Waals surface area (Å²) in [6.45, 7) is 3.99. The molecule has 1 fully saturated rings. The quantitative estimate of drug-likeness (QED) is 0.211. The molecule has 1 aromatic carbocycles. The first kappa shape index (κ1) is 26.2. The second-order valence-electron chi connectivity index (χ2n) is 8.96. The van der Waals surface area contributed by atoms with E-state index in [-0.39, 0.29) is 30.7 Å². The summed E-state index contributed by atoms with van der Waals surface area (Å²) in [4.78, 5) is 34.3. The van der Waals surface area contributed by atoms with Crippen LogP contribution in [-0.4, -0.2) is 29.3 Å². The lowest BCUT2D eigenvalue weighted by Crippen LogP contribution is -2.46. The number of aryl methyl sites for hydroxylation is 1. The van der Waals surface area contributed by atoms with E-state index in [0.29, 0.717) is 23.8 Å². The van der Waals surface area contributed by atoms with Gasteiger partial charge in [0.05, 0.1) is 21.5 Å². The number of halogens is 1. The molecule has 0 spiro atoms. The summed E-state index contributed by atoms with van der Waals surface area (Å²) in [5, 5.41) is 8.37. The van der Waals surface area contributed by atoms with Crippen molar-refractivity contribution in [3.63, 3.8) is 0 Å². The van der Waals surface area contributed by atoms with Crippen LogP contribution >= 0.6 is 22.9 Å². The van der Waals surface area contributed by atoms with Crippen molar-refractivity contribution in [1.29, 1.82) is 0 Å². The molecule has 0 unspecified atom stereocenters. The number of hydrogen-bond donors (Lipinski definition) is 1. The van der Waals surface area contributed by atoms with Gasteiger partial charge in [-0.1, -0.05) is 55.0 Å². The number of carbonyl (C=O) groups excluding carboxylic acids is 2. The number of amides is 1. The van der Waals surface area contributed by atoms with Crippen molar-refractivity contribution < 1.29 is 9.59 Å². The number of azide groups is 1. The molecule has 1 aliphatic carbocycles. The lowest BCUT2D eigenvalue weighted by molar-refractivity contribution is -0.130. The summed E-state index contributed by atoms with van der Waals surface area (Å²) in [6, 6.07) is 7.43. The van der Waals surface area contributed by atoms with E-state index in [9.17, 15) is 9.59 Å². The average Bonchev–Trinajstić information content (AvgIpc) is 3.21. The Hall–Kier alpha value is -2.41. The third-order valence-electron chi connectivity index (χ3n) is 6.48. The molecule has 1 saturated carbocycles. The molecule has 0 bridgehead atoms. The van der Waals surface area contributed by atoms with Crippen LogP contribution in [0.15, 0.2) is 29.4 Å². The maximum Gasteiger partial charge on any atom is 0.224 e. The van der Waals surface area contributed by atoms with E-state index < -0.39 is 5.92 Å². The number of rotatable bonds is 11. The van der Waals surface area contributed by atoms with Gasteiger partial charge in [-0.2, -0.15) is 0 Å². The Kier molecular flexibility index (Phi) is 9.93. The van der Waals surface area contributed by atoms with Gasteiger partial charge in [-0.3, -0.25) is 9.59 Å². The summed E-state index contributed by atoms with van der Waals surface area (Å²) in [7, 11) is 0. The highest BCUT2D eigenvalue weighted by atomic mass is 35.5. The molecule has 9 heteroatoms. The molecule has 1 amide bonds. The Labute approximate surface area is 209 Å². The lowest BCUT2D eigenvalue weighted by atomic mass is 9.83. The Morgan fingerprint density at radius 3 is 2.76 bits per heavy atom. The molecule has 182 valence electrons. The van der Waals surface area contributed by atoms with Crippen molar-refractivity contribution in [2.24, 2.45) is 17.0 Å². The molecule has 0 saturated heterocycles. The number of nitrogens with zero attached hydrogens (tertiary/aromatic N) is 4. The number of carbonyl (C=O) groups is 2. The zero-order valence-corrected chi connectivity index (χ0v) is 21.4. The molecule has 1 heterocycles. The van der Waals surface area contributed by atoms with Crippen LogP contribution < -0.4 is 5.32 Å². The van der Waals surface area contributed by atoms with E-state index in [4.69, 9.17) is 22.1 Å². The molecule has 3 rings (SSSR count). The maximum atomic E-state index is 13.4. The van der Waals surface area contributed by atoms with Crippen molar-refractivity contribution in [3.05, 3.63) is 50.4 Å². The van der Waals surface area contributed by atoms with Crippen LogP contribution in [0.4, 0.5) is 0 Å². The summed E-state index contributed by atoms with van der Waals surface area (Å²) >= 11 is 7.70. The molecule has 1 aliphatic rings. The maximum absolute atomic E-state index is 13.4. The van der Waals surface area contributed by atoms with Gasteiger partial charge in [-0.25, -0.2) is 4.98 Å². The molecular formula is C25H32ClN5O2S. The Balaban J connectivity index is 1.79. The number of benzene rings is 1. The summed E-state index contributed by atoms with van der Waals surface area (Å²) < 4.78 is 0. The third kappa shape index (κ3) is 7.29. The van der Waals surface area contributed by atoms with Crippen molar-refractivity contribution >= 4 is 34.6 Å². The highest BCUT2D eigenvalue weighted by Gasteiger charge is 2.29. The summed E-state index contributed by atoms with van der Waals surface area (Å²) in [5.74, 6) is -0.333. The largest absolute Gasteiger partial charge is 0.353 e. The molecule has 0 radical (unpaired) electrons. The molecule has 2 aromatic rings. The number of ketones is 1. The minimum atomic E-state index is -0.512. The monoisotopic (exact) mass is 501 g/mol. The average molecular weight is 502 g/mol. The zero-order valence-electron chi connectivity index (χ0n) is 19.8. The van der Waals surface area contributed by atoms with E-state index in [0.717, 1.165) is 46.8 Å². The highest BCUT2D eigenvalue weighted by molar-refractivity contribution is 7.15. The second-order valence-corrected chi connectivity index (χ2v) is 10.5. The van der Waals surface area contributed by atoms with Crippen LogP contribution in [0.5, 0.6) is 0 Å². The molecule has 1 N–H and O–H groups in total. The van der Waals surface area contributed by atoms with E-state index in [1.165, 1.54) is 17.8 Å². The predicted octanol–water partition coefficient (Wildman–Crippen LogP) is 6.68. The van der Waals surface area contributed by atoms with E-state index in [1.807, 2.05) is 38.1 Å². The molecule has 34 heavy (non-hydrogen) atoms. The Morgan fingerprint density at radius 1 is 1.32 bits per heavy atom. The summed E-state index contributed by atoms with van der Waals surface area (Å²) in [6.07, 6.45) is 6.42. The van der Waals surface area contributed by atoms with Gasteiger partial charge in [0.25, 0.3) is 0 Å². The zero-order chi connectivity index (χ0) is 24.5. The normalized spacial score (nSPS) is 15.9. The fraction of sp³-hybridized carbons (Fsp3) is 0.560. The third-order valence-corrected chi connectivity index (χ3v) is 7.94. The summed E-state index contributed by atoms with van der Waals surface area (Å²) in [5.41, 5.74) is 10.7. The van der Waals surface area contributed by atoms with Gasteiger partial charge in [0, 0.05) is 41.8 Å². The van der Waals surface area contributed by atoms with Gasteiger partial charge in [-0.15, -0.1) is 11.3 Å². The van der Waals surface area contributed by atoms with Gasteiger partial charge in [0.2, 0.25) is 5.91 Å². The van der Waals surface area contributed by atoms with Crippen LogP contribution in [0.25, 0.3) is 20.9 Å². The molecule has 1 aromatic heterocycles. The Bertz CT molecular complexity index is 1040. The van der Waals surface area contributed by atoms with Gasteiger partial charge in [0.1, 0.15) is 5.78 Å². The fourth-order valence-electron chi connectivity index (χ4n) is 4.60. The van der Waals surface area contributed by atoms with Gasteiger partial charge >= 0.3 is 0 Å². The fourth-order valence-corrected chi connectivity index (χ4v) is 5.93. The molecule has 0 aliphatic heterocycles. The second kappa shape index (κ2) is 12.9. The van der Waals surface area contributed by atoms with E-state index in [1.54, 1.807) is 0 Å². The standard InChI is InChI=1S/C25H32ClN5O2S/c1-3-21(32)13-19(25(33)30-22(15-28-31-27)17-8-5-4-6-9-17)14-23-29-16(2)24(34-23)18-10-7-11-20(26)12-18/h7,10-12,17,19,22H,3-6,8-9,13-15H2,1-2H3,(H,30,33)/t19-,22+/m0/s1.